The average molecular weight is 316 g/mol. The largest absolute Gasteiger partial charge is 0.422 e. The molecule has 0 radical (unpaired) electrons. The van der Waals surface area contributed by atoms with Crippen molar-refractivity contribution in [2.75, 3.05) is 0 Å². The van der Waals surface area contributed by atoms with Gasteiger partial charge in [-0.1, -0.05) is 60.7 Å². The lowest BCUT2D eigenvalue weighted by atomic mass is 9.93. The van der Waals surface area contributed by atoms with Gasteiger partial charge in [-0.3, -0.25) is 0 Å². The summed E-state index contributed by atoms with van der Waals surface area (Å²) in [4.78, 5) is 12.7. The molecule has 0 aliphatic carbocycles. The minimum absolute atomic E-state index is 0.342. The quantitative estimate of drug-likeness (QED) is 0.472. The molecule has 1 heterocycles. The van der Waals surface area contributed by atoms with Crippen molar-refractivity contribution in [3.05, 3.63) is 95.1 Å². The summed E-state index contributed by atoms with van der Waals surface area (Å²) >= 11 is 0. The van der Waals surface area contributed by atoms with E-state index >= 15 is 0 Å². The first kappa shape index (κ1) is 14.4. The molecular weight excluding hydrogens is 303 g/mol. The molecule has 2 nitrogen and oxygen atoms in total. The molecule has 0 unspecified atom stereocenters. The number of halogens is 1. The Kier molecular flexibility index (Phi) is 3.47. The lowest BCUT2D eigenvalue weighted by Gasteiger charge is -2.12. The van der Waals surface area contributed by atoms with Gasteiger partial charge >= 0.3 is 5.63 Å². The fourth-order valence-electron chi connectivity index (χ4n) is 2.93. The van der Waals surface area contributed by atoms with Gasteiger partial charge in [-0.15, -0.1) is 0 Å². The van der Waals surface area contributed by atoms with Crippen molar-refractivity contribution < 1.29 is 8.81 Å². The molecule has 0 saturated carbocycles. The Hall–Kier alpha value is -3.20. The molecule has 0 fully saturated rings. The summed E-state index contributed by atoms with van der Waals surface area (Å²) < 4.78 is 18.8. The van der Waals surface area contributed by atoms with Gasteiger partial charge in [0.1, 0.15) is 11.4 Å². The Labute approximate surface area is 137 Å². The summed E-state index contributed by atoms with van der Waals surface area (Å²) in [6.45, 7) is 0. The second kappa shape index (κ2) is 5.78. The predicted octanol–water partition coefficient (Wildman–Crippen LogP) is 5.27. The van der Waals surface area contributed by atoms with Gasteiger partial charge in [0.2, 0.25) is 0 Å². The van der Waals surface area contributed by atoms with E-state index in [1.807, 2.05) is 48.5 Å². The maximum atomic E-state index is 13.3. The molecule has 4 rings (SSSR count). The van der Waals surface area contributed by atoms with Gasteiger partial charge in [-0.2, -0.15) is 0 Å². The second-order valence-corrected chi connectivity index (χ2v) is 5.51. The van der Waals surface area contributed by atoms with Crippen LogP contribution in [-0.2, 0) is 0 Å². The number of hydrogen-bond acceptors (Lipinski definition) is 2. The monoisotopic (exact) mass is 316 g/mol. The van der Waals surface area contributed by atoms with Crippen LogP contribution in [0.1, 0.15) is 0 Å². The molecule has 0 N–H and O–H groups in total. The van der Waals surface area contributed by atoms with Gasteiger partial charge in [0.05, 0.1) is 5.56 Å². The molecule has 4 aromatic rings. The standard InChI is InChI=1S/C21H13FO2/c22-16-12-10-15(11-13-16)20-19(14-6-2-1-3-7-14)17-8-4-5-9-18(17)24-21(20)23/h1-13H. The Morgan fingerprint density at radius 3 is 2.04 bits per heavy atom. The van der Waals surface area contributed by atoms with Crippen LogP contribution in [0.15, 0.2) is 88.1 Å². The van der Waals surface area contributed by atoms with E-state index in [2.05, 4.69) is 0 Å². The topological polar surface area (TPSA) is 30.2 Å². The summed E-state index contributed by atoms with van der Waals surface area (Å²) in [5, 5.41) is 0.850. The van der Waals surface area contributed by atoms with Crippen LogP contribution in [-0.4, -0.2) is 0 Å². The fraction of sp³-hybridized carbons (Fsp3) is 0. The highest BCUT2D eigenvalue weighted by Gasteiger charge is 2.17. The maximum Gasteiger partial charge on any atom is 0.344 e. The highest BCUT2D eigenvalue weighted by Crippen LogP contribution is 2.35. The molecule has 24 heavy (non-hydrogen) atoms. The van der Waals surface area contributed by atoms with Gasteiger partial charge in [-0.25, -0.2) is 9.18 Å². The van der Waals surface area contributed by atoms with Crippen molar-refractivity contribution in [1.82, 2.24) is 0 Å². The van der Waals surface area contributed by atoms with Gasteiger partial charge in [0, 0.05) is 10.9 Å². The number of hydrogen-bond donors (Lipinski definition) is 0. The van der Waals surface area contributed by atoms with Crippen molar-refractivity contribution in [2.24, 2.45) is 0 Å². The SMILES string of the molecule is O=c1oc2ccccc2c(-c2ccccc2)c1-c1ccc(F)cc1. The smallest absolute Gasteiger partial charge is 0.344 e. The lowest BCUT2D eigenvalue weighted by molar-refractivity contribution is 0.564. The van der Waals surface area contributed by atoms with E-state index in [1.165, 1.54) is 12.1 Å². The lowest BCUT2D eigenvalue weighted by Crippen LogP contribution is -2.06. The van der Waals surface area contributed by atoms with E-state index in [9.17, 15) is 9.18 Å². The highest BCUT2D eigenvalue weighted by atomic mass is 19.1. The van der Waals surface area contributed by atoms with E-state index in [1.54, 1.807) is 18.2 Å². The highest BCUT2D eigenvalue weighted by molar-refractivity contribution is 6.00. The van der Waals surface area contributed by atoms with Gasteiger partial charge in [0.15, 0.2) is 0 Å². The van der Waals surface area contributed by atoms with E-state index < -0.39 is 5.63 Å². The number of para-hydroxylation sites is 1. The van der Waals surface area contributed by atoms with E-state index in [0.29, 0.717) is 16.7 Å². The first-order valence-electron chi connectivity index (χ1n) is 7.61. The minimum Gasteiger partial charge on any atom is -0.422 e. The molecular formula is C21H13FO2. The third-order valence-electron chi connectivity index (χ3n) is 4.01. The van der Waals surface area contributed by atoms with E-state index in [4.69, 9.17) is 4.42 Å². The van der Waals surface area contributed by atoms with Crippen molar-refractivity contribution >= 4 is 11.0 Å². The molecule has 116 valence electrons. The van der Waals surface area contributed by atoms with Crippen LogP contribution in [0, 0.1) is 5.82 Å². The Bertz CT molecular complexity index is 1060. The Morgan fingerprint density at radius 1 is 0.667 bits per heavy atom. The zero-order valence-electron chi connectivity index (χ0n) is 12.7. The normalized spacial score (nSPS) is 10.9. The molecule has 3 heteroatoms. The average Bonchev–Trinajstić information content (AvgIpc) is 2.62. The third-order valence-corrected chi connectivity index (χ3v) is 4.01. The molecule has 3 aromatic carbocycles. The van der Waals surface area contributed by atoms with Crippen LogP contribution in [0.25, 0.3) is 33.2 Å². The van der Waals surface area contributed by atoms with Crippen LogP contribution < -0.4 is 5.63 Å². The zero-order chi connectivity index (χ0) is 16.5. The fourth-order valence-corrected chi connectivity index (χ4v) is 2.93. The van der Waals surface area contributed by atoms with Gasteiger partial charge in [-0.05, 0) is 29.3 Å². The predicted molar refractivity (Wildman–Crippen MR) is 93.3 cm³/mol. The summed E-state index contributed by atoms with van der Waals surface area (Å²) in [7, 11) is 0. The van der Waals surface area contributed by atoms with Crippen LogP contribution in [0.5, 0.6) is 0 Å². The van der Waals surface area contributed by atoms with Crippen LogP contribution in [0.2, 0.25) is 0 Å². The second-order valence-electron chi connectivity index (χ2n) is 5.51. The molecule has 0 amide bonds. The summed E-state index contributed by atoms with van der Waals surface area (Å²) in [5.41, 5.74) is 2.90. The molecule has 0 spiro atoms. The van der Waals surface area contributed by atoms with Crippen LogP contribution in [0.4, 0.5) is 4.39 Å². The minimum atomic E-state index is -0.431. The summed E-state index contributed by atoms with van der Waals surface area (Å²) in [6, 6.07) is 23.0. The first-order chi connectivity index (χ1) is 11.7. The van der Waals surface area contributed by atoms with E-state index in [-0.39, 0.29) is 5.82 Å². The molecule has 0 aliphatic rings. The zero-order valence-corrected chi connectivity index (χ0v) is 12.7. The van der Waals surface area contributed by atoms with E-state index in [0.717, 1.165) is 16.5 Å². The summed E-state index contributed by atoms with van der Waals surface area (Å²) in [5.74, 6) is -0.342. The van der Waals surface area contributed by atoms with Gasteiger partial charge < -0.3 is 4.42 Å². The number of rotatable bonds is 2. The van der Waals surface area contributed by atoms with Crippen LogP contribution in [0.3, 0.4) is 0 Å². The Balaban J connectivity index is 2.14. The molecule has 0 aliphatic heterocycles. The van der Waals surface area contributed by atoms with Crippen molar-refractivity contribution in [1.29, 1.82) is 0 Å². The van der Waals surface area contributed by atoms with Crippen molar-refractivity contribution in [2.45, 2.75) is 0 Å². The molecule has 1 aromatic heterocycles. The van der Waals surface area contributed by atoms with Crippen molar-refractivity contribution in [3.8, 4) is 22.3 Å². The van der Waals surface area contributed by atoms with Gasteiger partial charge in [0.25, 0.3) is 0 Å². The maximum absolute atomic E-state index is 13.3. The third kappa shape index (κ3) is 2.40. The van der Waals surface area contributed by atoms with Crippen molar-refractivity contribution in [3.63, 3.8) is 0 Å². The first-order valence-corrected chi connectivity index (χ1v) is 7.61. The Morgan fingerprint density at radius 2 is 1.29 bits per heavy atom. The molecule has 0 bridgehead atoms. The molecule has 0 atom stereocenters. The number of fused-ring (bicyclic) bond motifs is 1. The summed E-state index contributed by atoms with van der Waals surface area (Å²) in [6.07, 6.45) is 0. The molecule has 0 saturated heterocycles. The number of benzene rings is 3. The van der Waals surface area contributed by atoms with Crippen LogP contribution >= 0.6 is 0 Å².